The van der Waals surface area contributed by atoms with Crippen molar-refractivity contribution in [3.63, 3.8) is 0 Å². The van der Waals surface area contributed by atoms with Crippen LogP contribution in [-0.2, 0) is 26.3 Å². The van der Waals surface area contributed by atoms with Crippen molar-refractivity contribution in [3.8, 4) is 11.4 Å². The van der Waals surface area contributed by atoms with Crippen molar-refractivity contribution in [2.24, 2.45) is 5.92 Å². The fourth-order valence-electron chi connectivity index (χ4n) is 3.72. The van der Waals surface area contributed by atoms with Gasteiger partial charge < -0.3 is 10.1 Å². The molecule has 0 atom stereocenters. The lowest BCUT2D eigenvalue weighted by atomic mass is 9.97. The monoisotopic (exact) mass is 436 g/mol. The van der Waals surface area contributed by atoms with Gasteiger partial charge in [-0.3, -0.25) is 4.79 Å². The highest BCUT2D eigenvalue weighted by molar-refractivity contribution is 7.98. The molecule has 1 amide bonds. The number of anilines is 1. The van der Waals surface area contributed by atoms with Crippen LogP contribution in [0.3, 0.4) is 0 Å². The summed E-state index contributed by atoms with van der Waals surface area (Å²) < 4.78 is 31.8. The van der Waals surface area contributed by atoms with E-state index in [0.717, 1.165) is 34.2 Å². The van der Waals surface area contributed by atoms with Crippen LogP contribution in [0.4, 0.5) is 5.82 Å². The van der Waals surface area contributed by atoms with Crippen molar-refractivity contribution in [3.05, 3.63) is 35.5 Å². The molecule has 8 nitrogen and oxygen atoms in total. The molecule has 0 aliphatic carbocycles. The van der Waals surface area contributed by atoms with E-state index in [4.69, 9.17) is 9.84 Å². The number of carbonyl (C=O) groups excluding carboxylic acids is 1. The molecule has 1 fully saturated rings. The Morgan fingerprint density at radius 2 is 1.90 bits per heavy atom. The second-order valence-electron chi connectivity index (χ2n) is 7.30. The predicted octanol–water partition coefficient (Wildman–Crippen LogP) is 2.24. The SMILES string of the molecule is COc1ccc(-n2nc3c(c2NC(=O)C2CCN(S(C)(=O)=O)CC2)CSC3)cc1. The number of methoxy groups -OCH3 is 1. The molecule has 1 aromatic carbocycles. The zero-order chi connectivity index (χ0) is 20.6. The van der Waals surface area contributed by atoms with E-state index in [1.54, 1.807) is 23.6 Å². The Morgan fingerprint density at radius 1 is 1.21 bits per heavy atom. The third-order valence-electron chi connectivity index (χ3n) is 5.40. The number of nitrogens with zero attached hydrogens (tertiary/aromatic N) is 3. The molecule has 2 aromatic rings. The summed E-state index contributed by atoms with van der Waals surface area (Å²) in [6.07, 6.45) is 2.25. The topological polar surface area (TPSA) is 93.5 Å². The average Bonchev–Trinajstić information content (AvgIpc) is 3.30. The van der Waals surface area contributed by atoms with E-state index in [1.807, 2.05) is 24.3 Å². The molecule has 1 saturated heterocycles. The number of rotatable bonds is 5. The van der Waals surface area contributed by atoms with Crippen molar-refractivity contribution in [2.75, 3.05) is 31.8 Å². The fraction of sp³-hybridized carbons (Fsp3) is 0.474. The number of ether oxygens (including phenoxy) is 1. The van der Waals surface area contributed by atoms with Gasteiger partial charge in [0.05, 0.1) is 24.7 Å². The van der Waals surface area contributed by atoms with Crippen LogP contribution in [0, 0.1) is 5.92 Å². The van der Waals surface area contributed by atoms with Gasteiger partial charge in [0.2, 0.25) is 15.9 Å². The third-order valence-corrected chi connectivity index (χ3v) is 7.68. The number of carbonyl (C=O) groups is 1. The molecule has 1 N–H and O–H groups in total. The molecule has 0 radical (unpaired) electrons. The van der Waals surface area contributed by atoms with Gasteiger partial charge in [-0.1, -0.05) is 0 Å². The minimum Gasteiger partial charge on any atom is -0.497 e. The second-order valence-corrected chi connectivity index (χ2v) is 10.3. The summed E-state index contributed by atoms with van der Waals surface area (Å²) in [6.45, 7) is 0.755. The third kappa shape index (κ3) is 4.15. The summed E-state index contributed by atoms with van der Waals surface area (Å²) >= 11 is 1.78. The van der Waals surface area contributed by atoms with Crippen LogP contribution in [-0.4, -0.2) is 54.9 Å². The van der Waals surface area contributed by atoms with E-state index >= 15 is 0 Å². The molecule has 0 spiro atoms. The Hall–Kier alpha value is -2.04. The number of aromatic nitrogens is 2. The molecule has 156 valence electrons. The van der Waals surface area contributed by atoms with Gasteiger partial charge in [0.25, 0.3) is 0 Å². The number of hydrogen-bond acceptors (Lipinski definition) is 6. The lowest BCUT2D eigenvalue weighted by Gasteiger charge is -2.29. The minimum absolute atomic E-state index is 0.0764. The maximum Gasteiger partial charge on any atom is 0.228 e. The number of thioether (sulfide) groups is 1. The van der Waals surface area contributed by atoms with E-state index < -0.39 is 10.0 Å². The Bertz CT molecular complexity index is 1010. The van der Waals surface area contributed by atoms with Crippen molar-refractivity contribution < 1.29 is 17.9 Å². The van der Waals surface area contributed by atoms with E-state index in [-0.39, 0.29) is 11.8 Å². The summed E-state index contributed by atoms with van der Waals surface area (Å²) in [4.78, 5) is 13.0. The average molecular weight is 437 g/mol. The fourth-order valence-corrected chi connectivity index (χ4v) is 5.63. The lowest BCUT2D eigenvalue weighted by Crippen LogP contribution is -2.41. The highest BCUT2D eigenvalue weighted by atomic mass is 32.2. The van der Waals surface area contributed by atoms with Crippen LogP contribution in [0.25, 0.3) is 5.69 Å². The summed E-state index contributed by atoms with van der Waals surface area (Å²) in [6, 6.07) is 7.55. The van der Waals surface area contributed by atoms with Crippen LogP contribution in [0.1, 0.15) is 24.1 Å². The number of benzene rings is 1. The molecule has 3 heterocycles. The van der Waals surface area contributed by atoms with E-state index in [0.29, 0.717) is 31.7 Å². The minimum atomic E-state index is -3.21. The summed E-state index contributed by atoms with van der Waals surface area (Å²) in [5.74, 6) is 2.82. The largest absolute Gasteiger partial charge is 0.497 e. The zero-order valence-electron chi connectivity index (χ0n) is 16.4. The molecule has 4 rings (SSSR count). The van der Waals surface area contributed by atoms with Gasteiger partial charge >= 0.3 is 0 Å². The van der Waals surface area contributed by atoms with E-state index in [2.05, 4.69) is 5.32 Å². The first-order valence-corrected chi connectivity index (χ1v) is 12.5. The molecule has 1 aromatic heterocycles. The highest BCUT2D eigenvalue weighted by Gasteiger charge is 2.31. The molecular weight excluding hydrogens is 412 g/mol. The molecule has 0 bridgehead atoms. The standard InChI is InChI=1S/C19H24N4O4S2/c1-27-15-5-3-14(4-6-15)23-18(16-11-28-12-17(16)21-23)20-19(24)13-7-9-22(10-8-13)29(2,25)26/h3-6,13H,7-12H2,1-2H3,(H,20,24). The lowest BCUT2D eigenvalue weighted by molar-refractivity contribution is -0.120. The number of piperidine rings is 1. The Morgan fingerprint density at radius 3 is 2.52 bits per heavy atom. The van der Waals surface area contributed by atoms with Gasteiger partial charge in [-0.05, 0) is 37.1 Å². The molecule has 2 aliphatic rings. The van der Waals surface area contributed by atoms with Crippen LogP contribution < -0.4 is 10.1 Å². The number of amides is 1. The van der Waals surface area contributed by atoms with Crippen LogP contribution in [0.2, 0.25) is 0 Å². The van der Waals surface area contributed by atoms with Crippen LogP contribution >= 0.6 is 11.8 Å². The zero-order valence-corrected chi connectivity index (χ0v) is 18.1. The van der Waals surface area contributed by atoms with Crippen molar-refractivity contribution >= 4 is 33.5 Å². The first-order valence-electron chi connectivity index (χ1n) is 9.45. The normalized spacial score (nSPS) is 17.9. The predicted molar refractivity (Wildman–Crippen MR) is 113 cm³/mol. The Labute approximate surface area is 174 Å². The van der Waals surface area contributed by atoms with Gasteiger partial charge in [0.1, 0.15) is 11.6 Å². The van der Waals surface area contributed by atoms with Crippen molar-refractivity contribution in [2.45, 2.75) is 24.3 Å². The second kappa shape index (κ2) is 8.00. The molecule has 0 unspecified atom stereocenters. The number of sulfonamides is 1. The van der Waals surface area contributed by atoms with Gasteiger partial charge in [0.15, 0.2) is 0 Å². The molecule has 10 heteroatoms. The number of nitrogens with one attached hydrogen (secondary N) is 1. The van der Waals surface area contributed by atoms with Gasteiger partial charge in [-0.2, -0.15) is 16.9 Å². The molecular formula is C19H24N4O4S2. The summed E-state index contributed by atoms with van der Waals surface area (Å²) in [5.41, 5.74) is 2.91. The van der Waals surface area contributed by atoms with Crippen molar-refractivity contribution in [1.29, 1.82) is 0 Å². The Balaban J connectivity index is 1.54. The molecule has 0 saturated carbocycles. The molecule has 29 heavy (non-hydrogen) atoms. The smallest absolute Gasteiger partial charge is 0.228 e. The number of fused-ring (bicyclic) bond motifs is 1. The maximum atomic E-state index is 13.0. The van der Waals surface area contributed by atoms with Crippen molar-refractivity contribution in [1.82, 2.24) is 14.1 Å². The van der Waals surface area contributed by atoms with Gasteiger partial charge in [-0.25, -0.2) is 17.4 Å². The van der Waals surface area contributed by atoms with E-state index in [1.165, 1.54) is 10.6 Å². The van der Waals surface area contributed by atoms with Gasteiger partial charge in [-0.15, -0.1) is 0 Å². The quantitative estimate of drug-likeness (QED) is 0.773. The first-order chi connectivity index (χ1) is 13.9. The first kappa shape index (κ1) is 20.2. The Kier molecular flexibility index (Phi) is 5.58. The van der Waals surface area contributed by atoms with Crippen LogP contribution in [0.15, 0.2) is 24.3 Å². The molecule has 2 aliphatic heterocycles. The maximum absolute atomic E-state index is 13.0. The number of hydrogen-bond donors (Lipinski definition) is 1. The summed E-state index contributed by atoms with van der Waals surface area (Å²) in [5, 5.41) is 7.80. The van der Waals surface area contributed by atoms with E-state index in [9.17, 15) is 13.2 Å². The van der Waals surface area contributed by atoms with Gasteiger partial charge in [0, 0.05) is 36.1 Å². The van der Waals surface area contributed by atoms with Crippen LogP contribution in [0.5, 0.6) is 5.75 Å². The summed E-state index contributed by atoms with van der Waals surface area (Å²) in [7, 11) is -1.59. The highest BCUT2D eigenvalue weighted by Crippen LogP contribution is 2.36.